The minimum atomic E-state index is -0.777. The summed E-state index contributed by atoms with van der Waals surface area (Å²) in [6, 6.07) is 0. The highest BCUT2D eigenvalue weighted by molar-refractivity contribution is 5.71. The Morgan fingerprint density at radius 3 is 0.984 bits per heavy atom. The number of carbonyl (C=O) groups is 3. The Hall–Kier alpha value is -2.37. The molecule has 0 aliphatic carbocycles. The molecule has 6 heteroatoms. The summed E-state index contributed by atoms with van der Waals surface area (Å²) < 4.78 is 16.8. The van der Waals surface area contributed by atoms with E-state index in [1.165, 1.54) is 154 Å². The molecule has 0 radical (unpaired) electrons. The van der Waals surface area contributed by atoms with Crippen molar-refractivity contribution in [2.75, 3.05) is 13.2 Å². The Bertz CT molecular complexity index is 1050. The molecule has 0 fully saturated rings. The van der Waals surface area contributed by atoms with E-state index in [-0.39, 0.29) is 31.1 Å². The molecule has 0 N–H and O–H groups in total. The maximum Gasteiger partial charge on any atom is 0.306 e. The van der Waals surface area contributed by atoms with Crippen LogP contribution in [0.15, 0.2) is 36.5 Å². The fraction of sp³-hybridized carbons (Fsp3) is 0.839. The third-order valence-corrected chi connectivity index (χ3v) is 11.9. The number of unbranched alkanes of at least 4 members (excludes halogenated alkanes) is 32. The van der Waals surface area contributed by atoms with Crippen LogP contribution in [-0.4, -0.2) is 37.2 Å². The summed E-state index contributed by atoms with van der Waals surface area (Å²) in [6.45, 7) is 6.54. The van der Waals surface area contributed by atoms with E-state index in [4.69, 9.17) is 14.2 Å². The maximum atomic E-state index is 12.8. The predicted molar refractivity (Wildman–Crippen MR) is 266 cm³/mol. The van der Waals surface area contributed by atoms with E-state index in [1.807, 2.05) is 0 Å². The molecule has 0 rings (SSSR count). The van der Waals surface area contributed by atoms with E-state index in [9.17, 15) is 14.4 Å². The van der Waals surface area contributed by atoms with Crippen molar-refractivity contribution in [3.8, 4) is 0 Å². The van der Waals surface area contributed by atoms with Crippen LogP contribution in [0.25, 0.3) is 0 Å². The molecule has 0 saturated carbocycles. The van der Waals surface area contributed by atoms with Crippen molar-refractivity contribution < 1.29 is 28.6 Å². The lowest BCUT2D eigenvalue weighted by Gasteiger charge is -2.18. The first-order chi connectivity index (χ1) is 30.5. The fourth-order valence-corrected chi connectivity index (χ4v) is 7.83. The second-order valence-corrected chi connectivity index (χ2v) is 18.1. The molecule has 62 heavy (non-hydrogen) atoms. The molecule has 1 atom stereocenters. The van der Waals surface area contributed by atoms with Crippen molar-refractivity contribution in [3.63, 3.8) is 0 Å². The zero-order valence-corrected chi connectivity index (χ0v) is 41.4. The lowest BCUT2D eigenvalue weighted by molar-refractivity contribution is -0.167. The average molecular weight is 871 g/mol. The number of hydrogen-bond acceptors (Lipinski definition) is 6. The topological polar surface area (TPSA) is 78.9 Å². The van der Waals surface area contributed by atoms with Gasteiger partial charge in [-0.05, 0) is 70.6 Å². The van der Waals surface area contributed by atoms with Crippen LogP contribution in [0.2, 0.25) is 0 Å². The van der Waals surface area contributed by atoms with Crippen LogP contribution in [0, 0.1) is 0 Å². The molecular formula is C56H102O6. The van der Waals surface area contributed by atoms with E-state index >= 15 is 0 Å². The third kappa shape index (κ3) is 48.7. The van der Waals surface area contributed by atoms with Crippen molar-refractivity contribution in [1.82, 2.24) is 0 Å². The monoisotopic (exact) mass is 871 g/mol. The summed E-state index contributed by atoms with van der Waals surface area (Å²) in [5, 5.41) is 0. The van der Waals surface area contributed by atoms with Crippen molar-refractivity contribution in [1.29, 1.82) is 0 Å². The Kier molecular flexibility index (Phi) is 49.3. The van der Waals surface area contributed by atoms with Gasteiger partial charge in [0.2, 0.25) is 0 Å². The Morgan fingerprint density at radius 2 is 0.629 bits per heavy atom. The van der Waals surface area contributed by atoms with Crippen molar-refractivity contribution in [2.45, 2.75) is 290 Å². The highest BCUT2D eigenvalue weighted by Gasteiger charge is 2.19. The first-order valence-electron chi connectivity index (χ1n) is 27.0. The largest absolute Gasteiger partial charge is 0.462 e. The van der Waals surface area contributed by atoms with E-state index in [0.717, 1.165) is 89.9 Å². The minimum Gasteiger partial charge on any atom is -0.462 e. The van der Waals surface area contributed by atoms with Crippen molar-refractivity contribution in [2.24, 2.45) is 0 Å². The van der Waals surface area contributed by atoms with E-state index in [2.05, 4.69) is 57.2 Å². The number of ether oxygens (including phenoxy) is 3. The quantitative estimate of drug-likeness (QED) is 0.0262. The third-order valence-electron chi connectivity index (χ3n) is 11.9. The fourth-order valence-electron chi connectivity index (χ4n) is 7.83. The number of rotatable bonds is 49. The molecule has 0 heterocycles. The molecule has 0 spiro atoms. The number of carbonyl (C=O) groups excluding carboxylic acids is 3. The predicted octanol–water partition coefficient (Wildman–Crippen LogP) is 17.7. The van der Waals surface area contributed by atoms with Crippen LogP contribution in [-0.2, 0) is 28.6 Å². The normalized spacial score (nSPS) is 12.2. The van der Waals surface area contributed by atoms with E-state index in [1.54, 1.807) is 0 Å². The van der Waals surface area contributed by atoms with Gasteiger partial charge >= 0.3 is 17.9 Å². The summed E-state index contributed by atoms with van der Waals surface area (Å²) in [5.74, 6) is -0.888. The SMILES string of the molecule is CC/C=C\C/C=C\CCCCCCCC(=O)OCC(COC(=O)CCCCCCC/C=C\CCCCCCCCCCC)OC(=O)CCCCCCCCCCCCCCCC. The molecular weight excluding hydrogens is 769 g/mol. The molecule has 0 amide bonds. The van der Waals surface area contributed by atoms with Gasteiger partial charge in [0.15, 0.2) is 6.10 Å². The first kappa shape index (κ1) is 59.6. The van der Waals surface area contributed by atoms with Crippen LogP contribution < -0.4 is 0 Å². The summed E-state index contributed by atoms with van der Waals surface area (Å²) in [7, 11) is 0. The summed E-state index contributed by atoms with van der Waals surface area (Å²) in [4.78, 5) is 38.0. The van der Waals surface area contributed by atoms with Crippen LogP contribution in [0.1, 0.15) is 284 Å². The first-order valence-corrected chi connectivity index (χ1v) is 27.0. The lowest BCUT2D eigenvalue weighted by atomic mass is 10.0. The van der Waals surface area contributed by atoms with E-state index in [0.29, 0.717) is 19.3 Å². The molecule has 0 aromatic heterocycles. The molecule has 0 aromatic carbocycles. The van der Waals surface area contributed by atoms with Gasteiger partial charge in [-0.3, -0.25) is 14.4 Å². The van der Waals surface area contributed by atoms with Crippen LogP contribution in [0.3, 0.4) is 0 Å². The van der Waals surface area contributed by atoms with Gasteiger partial charge in [0.1, 0.15) is 13.2 Å². The van der Waals surface area contributed by atoms with Gasteiger partial charge in [-0.15, -0.1) is 0 Å². The standard InChI is InChI=1S/C56H102O6/c1-4-7-10-13-16-19-22-25-27-28-29-30-32-34-37-40-43-46-49-55(58)61-52-53(51-60-54(57)48-45-42-39-36-33-24-21-18-15-12-9-6-3)62-56(59)50-47-44-41-38-35-31-26-23-20-17-14-11-8-5-2/h9,12,18,21,29-30,53H,4-8,10-11,13-17,19-20,22-28,31-52H2,1-3H3/b12-9-,21-18-,30-29-. The Labute approximate surface area is 385 Å². The zero-order chi connectivity index (χ0) is 45.1. The summed E-state index contributed by atoms with van der Waals surface area (Å²) in [6.07, 6.45) is 59.9. The van der Waals surface area contributed by atoms with Crippen LogP contribution >= 0.6 is 0 Å². The van der Waals surface area contributed by atoms with E-state index < -0.39 is 6.10 Å². The molecule has 0 aliphatic heterocycles. The molecule has 0 saturated heterocycles. The van der Waals surface area contributed by atoms with Crippen molar-refractivity contribution in [3.05, 3.63) is 36.5 Å². The summed E-state index contributed by atoms with van der Waals surface area (Å²) >= 11 is 0. The highest BCUT2D eigenvalue weighted by Crippen LogP contribution is 2.16. The maximum absolute atomic E-state index is 12.8. The van der Waals surface area contributed by atoms with Gasteiger partial charge < -0.3 is 14.2 Å². The number of hydrogen-bond donors (Lipinski definition) is 0. The molecule has 0 bridgehead atoms. The molecule has 6 nitrogen and oxygen atoms in total. The van der Waals surface area contributed by atoms with Gasteiger partial charge in [0, 0.05) is 19.3 Å². The Morgan fingerprint density at radius 1 is 0.339 bits per heavy atom. The average Bonchev–Trinajstić information content (AvgIpc) is 3.27. The number of esters is 3. The zero-order valence-electron chi connectivity index (χ0n) is 41.4. The molecule has 0 aromatic rings. The minimum absolute atomic E-state index is 0.0781. The van der Waals surface area contributed by atoms with Gasteiger partial charge in [0.25, 0.3) is 0 Å². The van der Waals surface area contributed by atoms with Crippen LogP contribution in [0.5, 0.6) is 0 Å². The second-order valence-electron chi connectivity index (χ2n) is 18.1. The lowest BCUT2D eigenvalue weighted by Crippen LogP contribution is -2.30. The summed E-state index contributed by atoms with van der Waals surface area (Å²) in [5.41, 5.74) is 0. The molecule has 362 valence electrons. The van der Waals surface area contributed by atoms with Crippen molar-refractivity contribution >= 4 is 17.9 Å². The Balaban J connectivity index is 4.34. The molecule has 1 unspecified atom stereocenters. The van der Waals surface area contributed by atoms with Crippen LogP contribution in [0.4, 0.5) is 0 Å². The number of allylic oxidation sites excluding steroid dienone is 6. The van der Waals surface area contributed by atoms with Gasteiger partial charge in [-0.2, -0.15) is 0 Å². The second kappa shape index (κ2) is 51.3. The van der Waals surface area contributed by atoms with Gasteiger partial charge in [0.05, 0.1) is 0 Å². The van der Waals surface area contributed by atoms with Gasteiger partial charge in [-0.1, -0.05) is 231 Å². The van der Waals surface area contributed by atoms with Gasteiger partial charge in [-0.25, -0.2) is 0 Å². The molecule has 0 aliphatic rings. The smallest absolute Gasteiger partial charge is 0.306 e. The highest BCUT2D eigenvalue weighted by atomic mass is 16.6.